The molecule has 0 saturated carbocycles. The number of carbonyl (C=O) groups excluding carboxylic acids is 4. The molecule has 2 aromatic rings. The van der Waals surface area contributed by atoms with Crippen molar-refractivity contribution in [1.82, 2.24) is 4.90 Å². The molecule has 1 heterocycles. The Morgan fingerprint density at radius 3 is 2.36 bits per heavy atom. The maximum absolute atomic E-state index is 12.5. The molecule has 3 rings (SSSR count). The third kappa shape index (κ3) is 3.93. The summed E-state index contributed by atoms with van der Waals surface area (Å²) >= 11 is 0. The number of aryl methyl sites for hydroxylation is 2. The Bertz CT molecular complexity index is 997. The Hall–Kier alpha value is -3.48. The number of imide groups is 1. The average molecular weight is 379 g/mol. The minimum Gasteiger partial charge on any atom is -0.326 e. The van der Waals surface area contributed by atoms with Crippen LogP contribution in [0.1, 0.15) is 45.2 Å². The Labute approximate surface area is 162 Å². The third-order valence-electron chi connectivity index (χ3n) is 4.52. The van der Waals surface area contributed by atoms with Crippen LogP contribution in [0, 0.1) is 13.8 Å². The van der Waals surface area contributed by atoms with Gasteiger partial charge in [-0.1, -0.05) is 17.7 Å². The number of rotatable bonds is 5. The molecule has 144 valence electrons. The van der Waals surface area contributed by atoms with Crippen molar-refractivity contribution in [3.8, 4) is 0 Å². The Morgan fingerprint density at radius 2 is 1.64 bits per heavy atom. The lowest BCUT2D eigenvalue weighted by molar-refractivity contribution is -0.116. The van der Waals surface area contributed by atoms with Gasteiger partial charge in [-0.3, -0.25) is 24.1 Å². The maximum atomic E-state index is 12.5. The summed E-state index contributed by atoms with van der Waals surface area (Å²) in [6.07, 6.45) is -0.0196. The quantitative estimate of drug-likeness (QED) is 0.781. The number of anilines is 2. The largest absolute Gasteiger partial charge is 0.326 e. The van der Waals surface area contributed by atoms with Gasteiger partial charge in [0.1, 0.15) is 0 Å². The van der Waals surface area contributed by atoms with Crippen molar-refractivity contribution in [3.05, 3.63) is 58.7 Å². The van der Waals surface area contributed by atoms with E-state index in [1.54, 1.807) is 36.4 Å². The molecule has 28 heavy (non-hydrogen) atoms. The first kappa shape index (κ1) is 19.3. The van der Waals surface area contributed by atoms with Crippen LogP contribution in [0.25, 0.3) is 0 Å². The predicted molar refractivity (Wildman–Crippen MR) is 105 cm³/mol. The number of nitrogens with zero attached hydrogens (tertiary/aromatic N) is 1. The van der Waals surface area contributed by atoms with E-state index in [1.165, 1.54) is 6.92 Å². The van der Waals surface area contributed by atoms with Crippen molar-refractivity contribution >= 4 is 35.0 Å². The Kier molecular flexibility index (Phi) is 5.26. The first-order valence-corrected chi connectivity index (χ1v) is 8.91. The van der Waals surface area contributed by atoms with Crippen molar-refractivity contribution in [2.45, 2.75) is 27.2 Å². The van der Waals surface area contributed by atoms with Crippen molar-refractivity contribution in [2.75, 3.05) is 17.2 Å². The van der Waals surface area contributed by atoms with E-state index < -0.39 is 0 Å². The first-order valence-electron chi connectivity index (χ1n) is 8.91. The molecular weight excluding hydrogens is 358 g/mol. The molecule has 0 unspecified atom stereocenters. The lowest BCUT2D eigenvalue weighted by Gasteiger charge is -2.15. The van der Waals surface area contributed by atoms with Gasteiger partial charge in [0.15, 0.2) is 0 Å². The highest BCUT2D eigenvalue weighted by Gasteiger charge is 2.35. The molecule has 0 bridgehead atoms. The van der Waals surface area contributed by atoms with E-state index in [-0.39, 0.29) is 36.6 Å². The van der Waals surface area contributed by atoms with Crippen LogP contribution in [0.15, 0.2) is 36.4 Å². The average Bonchev–Trinajstić information content (AvgIpc) is 2.86. The third-order valence-corrected chi connectivity index (χ3v) is 4.52. The van der Waals surface area contributed by atoms with Crippen LogP contribution >= 0.6 is 0 Å². The molecule has 7 nitrogen and oxygen atoms in total. The van der Waals surface area contributed by atoms with Crippen LogP contribution in [0.2, 0.25) is 0 Å². The van der Waals surface area contributed by atoms with E-state index in [4.69, 9.17) is 0 Å². The number of carbonyl (C=O) groups is 4. The highest BCUT2D eigenvalue weighted by Crippen LogP contribution is 2.24. The summed E-state index contributed by atoms with van der Waals surface area (Å²) in [5.41, 5.74) is 3.62. The second-order valence-corrected chi connectivity index (χ2v) is 6.82. The van der Waals surface area contributed by atoms with Crippen molar-refractivity contribution in [2.24, 2.45) is 0 Å². The number of hydrogen-bond donors (Lipinski definition) is 2. The van der Waals surface area contributed by atoms with E-state index >= 15 is 0 Å². The molecule has 0 atom stereocenters. The molecule has 2 aromatic carbocycles. The number of fused-ring (bicyclic) bond motifs is 1. The maximum Gasteiger partial charge on any atom is 0.261 e. The number of nitrogens with one attached hydrogen (secondary N) is 2. The van der Waals surface area contributed by atoms with Crippen LogP contribution < -0.4 is 10.6 Å². The van der Waals surface area contributed by atoms with Gasteiger partial charge >= 0.3 is 0 Å². The van der Waals surface area contributed by atoms with Crippen LogP contribution in [0.3, 0.4) is 0 Å². The molecular formula is C21H21N3O4. The van der Waals surface area contributed by atoms with Gasteiger partial charge in [-0.15, -0.1) is 0 Å². The summed E-state index contributed by atoms with van der Waals surface area (Å²) in [6, 6.07) is 10.3. The number of hydrogen-bond acceptors (Lipinski definition) is 4. The van der Waals surface area contributed by atoms with Crippen molar-refractivity contribution in [3.63, 3.8) is 0 Å². The number of amides is 4. The lowest BCUT2D eigenvalue weighted by atomic mass is 10.1. The summed E-state index contributed by atoms with van der Waals surface area (Å²) in [5.74, 6) is -1.28. The van der Waals surface area contributed by atoms with Crippen molar-refractivity contribution < 1.29 is 19.2 Å². The van der Waals surface area contributed by atoms with Gasteiger partial charge in [-0.05, 0) is 43.7 Å². The molecule has 0 radical (unpaired) electrons. The molecule has 0 aromatic heterocycles. The zero-order valence-electron chi connectivity index (χ0n) is 16.0. The van der Waals surface area contributed by atoms with E-state index in [9.17, 15) is 19.2 Å². The molecule has 0 aliphatic carbocycles. The van der Waals surface area contributed by atoms with Crippen LogP contribution in [0.4, 0.5) is 11.4 Å². The van der Waals surface area contributed by atoms with Gasteiger partial charge in [0.2, 0.25) is 11.8 Å². The van der Waals surface area contributed by atoms with Crippen LogP contribution in [0.5, 0.6) is 0 Å². The molecule has 7 heteroatoms. The zero-order valence-corrected chi connectivity index (χ0v) is 16.0. The summed E-state index contributed by atoms with van der Waals surface area (Å²) in [4.78, 5) is 49.5. The standard InChI is InChI=1S/C21H21N3O4/c1-12-4-7-16-17(10-12)21(28)24(20(16)27)9-8-19(26)23-18-11-15(22-14(3)25)6-5-13(18)2/h4-7,10-11H,8-9H2,1-3H3,(H,22,25)(H,23,26). The van der Waals surface area contributed by atoms with E-state index in [0.717, 1.165) is 16.0 Å². The Morgan fingerprint density at radius 1 is 0.929 bits per heavy atom. The fourth-order valence-electron chi connectivity index (χ4n) is 3.07. The molecule has 0 saturated heterocycles. The SMILES string of the molecule is CC(=O)Nc1ccc(C)c(NC(=O)CCN2C(=O)c3ccc(C)cc3C2=O)c1. The first-order chi connectivity index (χ1) is 13.3. The Balaban J connectivity index is 1.65. The normalized spacial score (nSPS) is 12.8. The summed E-state index contributed by atoms with van der Waals surface area (Å²) < 4.78 is 0. The van der Waals surface area contributed by atoms with Crippen molar-refractivity contribution in [1.29, 1.82) is 0 Å². The van der Waals surface area contributed by atoms with Crippen LogP contribution in [-0.4, -0.2) is 35.1 Å². The van der Waals surface area contributed by atoms with Gasteiger partial charge in [-0.25, -0.2) is 0 Å². The molecule has 2 N–H and O–H groups in total. The highest BCUT2D eigenvalue weighted by molar-refractivity contribution is 6.21. The lowest BCUT2D eigenvalue weighted by Crippen LogP contribution is -2.33. The molecule has 1 aliphatic rings. The van der Waals surface area contributed by atoms with Gasteiger partial charge in [0.25, 0.3) is 11.8 Å². The summed E-state index contributed by atoms with van der Waals surface area (Å²) in [7, 11) is 0. The minimum atomic E-state index is -0.378. The van der Waals surface area contributed by atoms with E-state index in [0.29, 0.717) is 22.5 Å². The monoisotopic (exact) mass is 379 g/mol. The smallest absolute Gasteiger partial charge is 0.261 e. The fourth-order valence-corrected chi connectivity index (χ4v) is 3.07. The van der Waals surface area contributed by atoms with Gasteiger partial charge < -0.3 is 10.6 Å². The molecule has 1 aliphatic heterocycles. The zero-order chi connectivity index (χ0) is 20.4. The highest BCUT2D eigenvalue weighted by atomic mass is 16.2. The van der Waals surface area contributed by atoms with E-state index in [1.807, 2.05) is 13.8 Å². The summed E-state index contributed by atoms with van der Waals surface area (Å²) in [6.45, 7) is 5.09. The fraction of sp³-hybridized carbons (Fsp3) is 0.238. The van der Waals surface area contributed by atoms with Gasteiger partial charge in [-0.2, -0.15) is 0 Å². The minimum absolute atomic E-state index is 0.00165. The van der Waals surface area contributed by atoms with Gasteiger partial charge in [0, 0.05) is 31.3 Å². The number of benzene rings is 2. The topological polar surface area (TPSA) is 95.6 Å². The van der Waals surface area contributed by atoms with E-state index in [2.05, 4.69) is 10.6 Å². The van der Waals surface area contributed by atoms with Crippen LogP contribution in [-0.2, 0) is 9.59 Å². The second-order valence-electron chi connectivity index (χ2n) is 6.82. The molecule has 0 fully saturated rings. The molecule has 0 spiro atoms. The predicted octanol–water partition coefficient (Wildman–Crippen LogP) is 2.89. The second kappa shape index (κ2) is 7.64. The molecule has 4 amide bonds. The summed E-state index contributed by atoms with van der Waals surface area (Å²) in [5, 5.41) is 5.43. The van der Waals surface area contributed by atoms with Gasteiger partial charge in [0.05, 0.1) is 11.1 Å².